The van der Waals surface area contributed by atoms with Gasteiger partial charge in [0.15, 0.2) is 5.83 Å². The number of rotatable bonds is 7. The first kappa shape index (κ1) is 25.5. The smallest absolute Gasteiger partial charge is 0.239 e. The number of amides is 1. The number of hydrogen-bond donors (Lipinski definition) is 2. The Morgan fingerprint density at radius 1 is 1.39 bits per heavy atom. The molecular formula is C26H26ClF2N5O2. The molecule has 1 unspecified atom stereocenters. The van der Waals surface area contributed by atoms with Crippen molar-refractivity contribution in [3.63, 3.8) is 0 Å². The van der Waals surface area contributed by atoms with Crippen LogP contribution in [0.5, 0.6) is 5.75 Å². The first-order valence-electron chi connectivity index (χ1n) is 11.4. The molecule has 10 heteroatoms. The molecule has 188 valence electrons. The number of aryl methyl sites for hydroxylation is 1. The Morgan fingerprint density at radius 2 is 2.19 bits per heavy atom. The summed E-state index contributed by atoms with van der Waals surface area (Å²) in [6.07, 6.45) is 1.86. The van der Waals surface area contributed by atoms with Crippen LogP contribution in [-0.4, -0.2) is 41.1 Å². The Bertz CT molecular complexity index is 1360. The highest BCUT2D eigenvalue weighted by Gasteiger charge is 2.26. The summed E-state index contributed by atoms with van der Waals surface area (Å²) in [6.45, 7) is 5.00. The van der Waals surface area contributed by atoms with Gasteiger partial charge in [0.05, 0.1) is 23.0 Å². The zero-order valence-corrected chi connectivity index (χ0v) is 20.6. The van der Waals surface area contributed by atoms with Crippen LogP contribution in [0.4, 0.5) is 14.5 Å². The Morgan fingerprint density at radius 3 is 2.97 bits per heavy atom. The lowest BCUT2D eigenvalue weighted by molar-refractivity contribution is -0.135. The van der Waals surface area contributed by atoms with Crippen LogP contribution in [0.1, 0.15) is 23.7 Å². The van der Waals surface area contributed by atoms with Crippen molar-refractivity contribution in [1.82, 2.24) is 15.2 Å². The third-order valence-electron chi connectivity index (χ3n) is 5.90. The van der Waals surface area contributed by atoms with Crippen molar-refractivity contribution < 1.29 is 18.3 Å². The summed E-state index contributed by atoms with van der Waals surface area (Å²) in [4.78, 5) is 23.0. The molecule has 1 saturated heterocycles. The number of ether oxygens (including phenoxy) is 1. The van der Waals surface area contributed by atoms with E-state index in [2.05, 4.69) is 15.3 Å². The van der Waals surface area contributed by atoms with Gasteiger partial charge in [0, 0.05) is 42.5 Å². The zero-order valence-electron chi connectivity index (χ0n) is 19.9. The van der Waals surface area contributed by atoms with Crippen LogP contribution in [0.2, 0.25) is 5.02 Å². The number of benzene rings is 2. The van der Waals surface area contributed by atoms with E-state index < -0.39 is 11.6 Å². The number of carbonyl (C=O) groups excluding carboxylic acids is 1. The van der Waals surface area contributed by atoms with E-state index in [1.165, 1.54) is 12.1 Å². The van der Waals surface area contributed by atoms with Gasteiger partial charge in [-0.25, -0.2) is 13.8 Å². The maximum atomic E-state index is 14.2. The third-order valence-corrected chi connectivity index (χ3v) is 6.23. The minimum absolute atomic E-state index is 0.0299. The monoisotopic (exact) mass is 513 g/mol. The van der Waals surface area contributed by atoms with E-state index in [4.69, 9.17) is 22.1 Å². The molecule has 7 nitrogen and oxygen atoms in total. The van der Waals surface area contributed by atoms with Crippen molar-refractivity contribution >= 4 is 40.3 Å². The molecule has 2 heterocycles. The Labute approximate surface area is 212 Å². The van der Waals surface area contributed by atoms with Crippen LogP contribution in [-0.2, 0) is 17.9 Å². The van der Waals surface area contributed by atoms with E-state index >= 15 is 0 Å². The number of pyridine rings is 1. The van der Waals surface area contributed by atoms with Crippen molar-refractivity contribution in [3.8, 4) is 5.75 Å². The Balaban J connectivity index is 1.65. The third kappa shape index (κ3) is 5.63. The quantitative estimate of drug-likeness (QED) is 0.446. The standard InChI is InChI=1S/C26H26ClF2N5O2/c1-15-8-23(32-12-19(29)11-30)20-4-3-5-24(25(20)33-15)36-14-21-17(9-18(28)10-22(21)27)13-34-7-6-31-16(2)26(34)35/h3-5,8-12,16,31H,6-7,13-14,30H2,1-2H3/b19-11+,32-12?. The molecule has 1 aliphatic heterocycles. The lowest BCUT2D eigenvalue weighted by Gasteiger charge is -2.32. The summed E-state index contributed by atoms with van der Waals surface area (Å²) >= 11 is 6.42. The van der Waals surface area contributed by atoms with Crippen molar-refractivity contribution in [2.75, 3.05) is 13.1 Å². The number of fused-ring (bicyclic) bond motifs is 1. The van der Waals surface area contributed by atoms with Gasteiger partial charge in [0.1, 0.15) is 23.7 Å². The van der Waals surface area contributed by atoms with Crippen LogP contribution in [0.25, 0.3) is 10.9 Å². The number of allylic oxidation sites excluding steroid dienone is 1. The molecule has 0 spiro atoms. The van der Waals surface area contributed by atoms with E-state index in [1.807, 2.05) is 0 Å². The van der Waals surface area contributed by atoms with E-state index in [1.54, 1.807) is 43.0 Å². The number of carbonyl (C=O) groups is 1. The number of nitrogens with one attached hydrogen (secondary N) is 1. The number of aliphatic imine (C=N–C) groups is 1. The highest BCUT2D eigenvalue weighted by atomic mass is 35.5. The fraction of sp³-hybridized carbons (Fsp3) is 0.269. The Kier molecular flexibility index (Phi) is 7.81. The number of halogens is 3. The fourth-order valence-corrected chi connectivity index (χ4v) is 4.37. The predicted octanol–water partition coefficient (Wildman–Crippen LogP) is 4.71. The molecule has 1 aromatic heterocycles. The molecular weight excluding hydrogens is 488 g/mol. The summed E-state index contributed by atoms with van der Waals surface area (Å²) in [5, 5.41) is 3.98. The summed E-state index contributed by atoms with van der Waals surface area (Å²) in [7, 11) is 0. The molecule has 2 aromatic carbocycles. The Hall–Kier alpha value is -3.56. The van der Waals surface area contributed by atoms with Crippen LogP contribution in [0.3, 0.4) is 0 Å². The number of nitrogens with zero attached hydrogens (tertiary/aromatic N) is 3. The lowest BCUT2D eigenvalue weighted by atomic mass is 10.1. The minimum atomic E-state index is -0.666. The number of para-hydroxylation sites is 1. The van der Waals surface area contributed by atoms with E-state index in [0.717, 1.165) is 12.4 Å². The highest BCUT2D eigenvalue weighted by Crippen LogP contribution is 2.33. The molecule has 1 amide bonds. The fourth-order valence-electron chi connectivity index (χ4n) is 4.09. The van der Waals surface area contributed by atoms with Gasteiger partial charge in [-0.2, -0.15) is 0 Å². The maximum absolute atomic E-state index is 14.2. The zero-order chi connectivity index (χ0) is 25.8. The molecule has 0 bridgehead atoms. The van der Waals surface area contributed by atoms with Gasteiger partial charge in [-0.15, -0.1) is 0 Å². The first-order valence-corrected chi connectivity index (χ1v) is 11.8. The molecule has 0 aliphatic carbocycles. The van der Waals surface area contributed by atoms with Crippen LogP contribution in [0.15, 0.2) is 53.4 Å². The van der Waals surface area contributed by atoms with Gasteiger partial charge < -0.3 is 20.7 Å². The summed E-state index contributed by atoms with van der Waals surface area (Å²) in [5.74, 6) is -0.754. The lowest BCUT2D eigenvalue weighted by Crippen LogP contribution is -2.53. The number of hydrogen-bond acceptors (Lipinski definition) is 6. The van der Waals surface area contributed by atoms with Crippen LogP contribution < -0.4 is 15.8 Å². The van der Waals surface area contributed by atoms with E-state index in [9.17, 15) is 13.6 Å². The molecule has 0 radical (unpaired) electrons. The van der Waals surface area contributed by atoms with Crippen molar-refractivity contribution in [1.29, 1.82) is 0 Å². The number of piperazine rings is 1. The SMILES string of the molecule is Cc1cc(N=C/C(F)=C\N)c2cccc(OCc3c(Cl)cc(F)cc3CN3CCNC(C)C3=O)c2n1. The summed E-state index contributed by atoms with van der Waals surface area (Å²) < 4.78 is 33.9. The average molecular weight is 514 g/mol. The molecule has 1 atom stereocenters. The van der Waals surface area contributed by atoms with Crippen molar-refractivity contribution in [2.24, 2.45) is 10.7 Å². The normalized spacial score (nSPS) is 16.8. The van der Waals surface area contributed by atoms with Crippen LogP contribution in [0, 0.1) is 12.7 Å². The summed E-state index contributed by atoms with van der Waals surface area (Å²) in [6, 6.07) is 9.36. The molecule has 36 heavy (non-hydrogen) atoms. The van der Waals surface area contributed by atoms with Gasteiger partial charge in [-0.3, -0.25) is 9.79 Å². The molecule has 3 aromatic rings. The second-order valence-corrected chi connectivity index (χ2v) is 8.90. The van der Waals surface area contributed by atoms with Crippen LogP contribution >= 0.6 is 11.6 Å². The number of aromatic nitrogens is 1. The topological polar surface area (TPSA) is 92.8 Å². The van der Waals surface area contributed by atoms with Gasteiger partial charge >= 0.3 is 0 Å². The molecule has 1 fully saturated rings. The van der Waals surface area contributed by atoms with Gasteiger partial charge in [0.25, 0.3) is 0 Å². The van der Waals surface area contributed by atoms with Crippen molar-refractivity contribution in [3.05, 3.63) is 76.1 Å². The van der Waals surface area contributed by atoms with E-state index in [0.29, 0.717) is 52.3 Å². The predicted molar refractivity (Wildman–Crippen MR) is 137 cm³/mol. The number of nitrogens with two attached hydrogens (primary N) is 1. The molecule has 4 rings (SSSR count). The molecule has 1 aliphatic rings. The summed E-state index contributed by atoms with van der Waals surface area (Å²) in [5.41, 5.74) is 8.04. The van der Waals surface area contributed by atoms with E-state index in [-0.39, 0.29) is 30.1 Å². The maximum Gasteiger partial charge on any atom is 0.239 e. The van der Waals surface area contributed by atoms with Gasteiger partial charge in [-0.05, 0) is 43.7 Å². The van der Waals surface area contributed by atoms with Gasteiger partial charge in [-0.1, -0.05) is 23.7 Å². The van der Waals surface area contributed by atoms with Crippen molar-refractivity contribution in [2.45, 2.75) is 33.0 Å². The minimum Gasteiger partial charge on any atom is -0.487 e. The first-order chi connectivity index (χ1) is 17.3. The van der Waals surface area contributed by atoms with Gasteiger partial charge in [0.2, 0.25) is 5.91 Å². The second-order valence-electron chi connectivity index (χ2n) is 8.49. The molecule has 0 saturated carbocycles. The second kappa shape index (κ2) is 11.0. The molecule has 3 N–H and O–H groups in total. The highest BCUT2D eigenvalue weighted by molar-refractivity contribution is 6.31. The largest absolute Gasteiger partial charge is 0.487 e. The average Bonchev–Trinajstić information content (AvgIpc) is 2.84.